The molecule has 0 aliphatic heterocycles. The highest BCUT2D eigenvalue weighted by molar-refractivity contribution is 7.91. The van der Waals surface area contributed by atoms with Crippen LogP contribution in [0.3, 0.4) is 0 Å². The summed E-state index contributed by atoms with van der Waals surface area (Å²) in [5, 5.41) is 2.46. The minimum atomic E-state index is -1.18. The van der Waals surface area contributed by atoms with Gasteiger partial charge in [-0.05, 0) is 37.1 Å². The summed E-state index contributed by atoms with van der Waals surface area (Å²) in [6, 6.07) is 14.5. The van der Waals surface area contributed by atoms with Crippen LogP contribution in [0.4, 0.5) is 0 Å². The standard InChI is InChI=1S/C16H19NOS/c1-16(2,3)19(18)17-12-11-14-9-6-8-13-7-4-5-10-15(13)14/h4-10,12H,11H2,1-3H3/b17-12+. The molecule has 0 heterocycles. The van der Waals surface area contributed by atoms with Crippen LogP contribution in [0.1, 0.15) is 26.3 Å². The van der Waals surface area contributed by atoms with E-state index < -0.39 is 11.4 Å². The van der Waals surface area contributed by atoms with Crippen molar-refractivity contribution in [2.24, 2.45) is 4.40 Å². The lowest BCUT2D eigenvalue weighted by molar-refractivity contribution is 0.561. The lowest BCUT2D eigenvalue weighted by atomic mass is 10.0. The molecular formula is C16H19NOS. The van der Waals surface area contributed by atoms with Gasteiger partial charge in [0, 0.05) is 6.42 Å². The van der Waals surface area contributed by atoms with Gasteiger partial charge in [-0.15, -0.1) is 0 Å². The molecule has 2 rings (SSSR count). The molecule has 0 N–H and O–H groups in total. The predicted octanol–water partition coefficient (Wildman–Crippen LogP) is 3.92. The van der Waals surface area contributed by atoms with Crippen molar-refractivity contribution in [1.29, 1.82) is 0 Å². The predicted molar refractivity (Wildman–Crippen MR) is 84.0 cm³/mol. The summed E-state index contributed by atoms with van der Waals surface area (Å²) in [5.74, 6) is 0. The summed E-state index contributed by atoms with van der Waals surface area (Å²) in [5.41, 5.74) is 1.22. The second-order valence-electron chi connectivity index (χ2n) is 5.49. The Labute approximate surface area is 117 Å². The number of rotatable bonds is 3. The zero-order valence-corrected chi connectivity index (χ0v) is 12.4. The number of hydrogen-bond acceptors (Lipinski definition) is 2. The number of fused-ring (bicyclic) bond motifs is 1. The molecule has 0 saturated heterocycles. The van der Waals surface area contributed by atoms with Crippen LogP contribution in [-0.2, 0) is 17.8 Å². The van der Waals surface area contributed by atoms with E-state index in [1.807, 2.05) is 39.0 Å². The summed E-state index contributed by atoms with van der Waals surface area (Å²) in [6.45, 7) is 5.79. The fraction of sp³-hybridized carbons (Fsp3) is 0.312. The van der Waals surface area contributed by atoms with Crippen molar-refractivity contribution in [3.8, 4) is 0 Å². The number of benzene rings is 2. The Morgan fingerprint density at radius 3 is 2.53 bits per heavy atom. The van der Waals surface area contributed by atoms with Crippen LogP contribution in [0.5, 0.6) is 0 Å². The van der Waals surface area contributed by atoms with Gasteiger partial charge in [0.15, 0.2) is 0 Å². The number of nitrogens with zero attached hydrogens (tertiary/aromatic N) is 1. The second-order valence-corrected chi connectivity index (χ2v) is 7.43. The average molecular weight is 273 g/mol. The normalized spacial score (nSPS) is 14.1. The topological polar surface area (TPSA) is 35.4 Å². The van der Waals surface area contributed by atoms with Crippen molar-refractivity contribution >= 4 is 28.3 Å². The van der Waals surface area contributed by atoms with Crippen molar-refractivity contribution in [2.45, 2.75) is 31.9 Å². The lowest BCUT2D eigenvalue weighted by Gasteiger charge is -2.17. The van der Waals surface area contributed by atoms with Crippen LogP contribution in [0, 0.1) is 0 Å². The molecule has 1 unspecified atom stereocenters. The Bertz CT molecular complexity index is 581. The van der Waals surface area contributed by atoms with Gasteiger partial charge in [-0.3, -0.25) is 0 Å². The van der Waals surface area contributed by atoms with E-state index in [0.29, 0.717) is 6.42 Å². The van der Waals surface area contributed by atoms with Gasteiger partial charge in [-0.25, -0.2) is 0 Å². The van der Waals surface area contributed by atoms with Crippen molar-refractivity contribution in [3.05, 3.63) is 48.0 Å². The van der Waals surface area contributed by atoms with Gasteiger partial charge in [-0.1, -0.05) is 46.9 Å². The number of hydrogen-bond donors (Lipinski definition) is 0. The molecular weight excluding hydrogens is 254 g/mol. The van der Waals surface area contributed by atoms with E-state index in [-0.39, 0.29) is 4.75 Å². The highest BCUT2D eigenvalue weighted by Gasteiger charge is 2.25. The molecule has 0 radical (unpaired) electrons. The lowest BCUT2D eigenvalue weighted by Crippen LogP contribution is -2.25. The Kier molecular flexibility index (Phi) is 4.27. The monoisotopic (exact) mass is 273 g/mol. The molecule has 100 valence electrons. The van der Waals surface area contributed by atoms with E-state index in [1.54, 1.807) is 6.21 Å². The van der Waals surface area contributed by atoms with E-state index >= 15 is 0 Å². The summed E-state index contributed by atoms with van der Waals surface area (Å²) >= 11 is -1.18. The van der Waals surface area contributed by atoms with Gasteiger partial charge in [0.1, 0.15) is 16.1 Å². The Morgan fingerprint density at radius 1 is 1.11 bits per heavy atom. The smallest absolute Gasteiger partial charge is 0.144 e. The Hall–Kier alpha value is -1.32. The van der Waals surface area contributed by atoms with Gasteiger partial charge >= 0.3 is 0 Å². The first kappa shape index (κ1) is 14.1. The van der Waals surface area contributed by atoms with Crippen LogP contribution in [-0.4, -0.2) is 15.5 Å². The zero-order chi connectivity index (χ0) is 13.9. The van der Waals surface area contributed by atoms with E-state index in [9.17, 15) is 4.55 Å². The van der Waals surface area contributed by atoms with Crippen molar-refractivity contribution in [3.63, 3.8) is 0 Å². The van der Waals surface area contributed by atoms with E-state index in [0.717, 1.165) is 0 Å². The highest BCUT2D eigenvalue weighted by Crippen LogP contribution is 2.19. The highest BCUT2D eigenvalue weighted by atomic mass is 32.2. The molecule has 1 atom stereocenters. The first-order chi connectivity index (χ1) is 8.98. The second kappa shape index (κ2) is 5.76. The van der Waals surface area contributed by atoms with Gasteiger partial charge < -0.3 is 4.55 Å². The van der Waals surface area contributed by atoms with Crippen LogP contribution in [0.2, 0.25) is 0 Å². The molecule has 0 spiro atoms. The average Bonchev–Trinajstić information content (AvgIpc) is 2.38. The molecule has 2 nitrogen and oxygen atoms in total. The quantitative estimate of drug-likeness (QED) is 0.616. The van der Waals surface area contributed by atoms with Gasteiger partial charge in [0.25, 0.3) is 0 Å². The molecule has 3 heteroatoms. The summed E-state index contributed by atoms with van der Waals surface area (Å²) in [6.07, 6.45) is 2.48. The van der Waals surface area contributed by atoms with E-state index in [2.05, 4.69) is 28.7 Å². The van der Waals surface area contributed by atoms with Gasteiger partial charge in [0.05, 0.1) is 6.21 Å². The Balaban J connectivity index is 2.17. The fourth-order valence-corrected chi connectivity index (χ4v) is 2.36. The molecule has 19 heavy (non-hydrogen) atoms. The summed E-state index contributed by atoms with van der Waals surface area (Å²) in [7, 11) is 0. The SMILES string of the molecule is CC(C)(C)[S+]([O-])/N=C/Cc1cccc2ccccc12. The van der Waals surface area contributed by atoms with E-state index in [4.69, 9.17) is 0 Å². The third-order valence-corrected chi connectivity index (χ3v) is 4.27. The zero-order valence-electron chi connectivity index (χ0n) is 11.6. The van der Waals surface area contributed by atoms with Crippen molar-refractivity contribution in [1.82, 2.24) is 0 Å². The molecule has 0 amide bonds. The third kappa shape index (κ3) is 3.58. The van der Waals surface area contributed by atoms with Crippen molar-refractivity contribution < 1.29 is 4.55 Å². The van der Waals surface area contributed by atoms with E-state index in [1.165, 1.54) is 16.3 Å². The maximum absolute atomic E-state index is 11.8. The minimum Gasteiger partial charge on any atom is -0.591 e. The molecule has 0 saturated carbocycles. The molecule has 0 bridgehead atoms. The van der Waals surface area contributed by atoms with Gasteiger partial charge in [0.2, 0.25) is 0 Å². The first-order valence-corrected chi connectivity index (χ1v) is 7.50. The molecule has 0 aromatic heterocycles. The fourth-order valence-electron chi connectivity index (χ4n) is 1.83. The molecule has 0 fully saturated rings. The molecule has 0 aliphatic rings. The summed E-state index contributed by atoms with van der Waals surface area (Å²) < 4.78 is 15.7. The Morgan fingerprint density at radius 2 is 1.79 bits per heavy atom. The molecule has 2 aromatic rings. The van der Waals surface area contributed by atoms with Crippen molar-refractivity contribution in [2.75, 3.05) is 0 Å². The van der Waals surface area contributed by atoms with Gasteiger partial charge in [-0.2, -0.15) is 0 Å². The van der Waals surface area contributed by atoms with Crippen LogP contribution in [0.25, 0.3) is 10.8 Å². The molecule has 0 aliphatic carbocycles. The maximum Gasteiger partial charge on any atom is 0.144 e. The maximum atomic E-state index is 11.8. The molecule has 2 aromatic carbocycles. The minimum absolute atomic E-state index is 0.296. The third-order valence-electron chi connectivity index (χ3n) is 2.89. The van der Waals surface area contributed by atoms with Crippen LogP contribution >= 0.6 is 0 Å². The first-order valence-electron chi connectivity index (χ1n) is 6.39. The largest absolute Gasteiger partial charge is 0.591 e. The summed E-state index contributed by atoms with van der Waals surface area (Å²) in [4.78, 5) is 0. The van der Waals surface area contributed by atoms with Crippen LogP contribution in [0.15, 0.2) is 46.9 Å². The van der Waals surface area contributed by atoms with Crippen LogP contribution < -0.4 is 0 Å².